The third-order valence-electron chi connectivity index (χ3n) is 2.40. The lowest BCUT2D eigenvalue weighted by molar-refractivity contribution is 0.603. The molecule has 5 nitrogen and oxygen atoms in total. The molecule has 0 radical (unpaired) electrons. The molecule has 0 spiro atoms. The fourth-order valence-corrected chi connectivity index (χ4v) is 1.44. The normalized spacial score (nSPS) is 10.2. The molecule has 0 aliphatic carbocycles. The Balaban J connectivity index is 2.37. The van der Waals surface area contributed by atoms with Crippen LogP contribution in [0.1, 0.15) is 5.56 Å². The average Bonchev–Trinajstić information content (AvgIpc) is 2.36. The van der Waals surface area contributed by atoms with Gasteiger partial charge in [0, 0.05) is 11.6 Å². The lowest BCUT2D eigenvalue weighted by Crippen LogP contribution is -2.11. The number of anilines is 3. The van der Waals surface area contributed by atoms with Crippen LogP contribution in [-0.2, 0) is 0 Å². The summed E-state index contributed by atoms with van der Waals surface area (Å²) in [6.45, 7) is 1.70. The molecule has 2 rings (SSSR count). The van der Waals surface area contributed by atoms with Crippen molar-refractivity contribution in [1.29, 1.82) is 0 Å². The van der Waals surface area contributed by atoms with Gasteiger partial charge in [-0.25, -0.2) is 24.6 Å². The highest BCUT2D eigenvalue weighted by Gasteiger charge is 2.09. The Labute approximate surface area is 102 Å². The first-order valence-electron chi connectivity index (χ1n) is 5.12. The van der Waals surface area contributed by atoms with Gasteiger partial charge >= 0.3 is 0 Å². The molecular weight excluding hydrogens is 240 g/mol. The van der Waals surface area contributed by atoms with Crippen molar-refractivity contribution in [2.45, 2.75) is 6.92 Å². The summed E-state index contributed by atoms with van der Waals surface area (Å²) in [7, 11) is 0. The van der Waals surface area contributed by atoms with E-state index in [0.717, 1.165) is 18.2 Å². The number of halogens is 2. The summed E-state index contributed by atoms with van der Waals surface area (Å²) in [5.74, 6) is 4.91. The minimum Gasteiger partial charge on any atom is -0.337 e. The highest BCUT2D eigenvalue weighted by molar-refractivity contribution is 5.64. The SMILES string of the molecule is Cc1c(NN)ncnc1Nc1cc(F)ccc1F. The van der Waals surface area contributed by atoms with Crippen molar-refractivity contribution >= 4 is 17.3 Å². The van der Waals surface area contributed by atoms with Crippen LogP contribution >= 0.6 is 0 Å². The zero-order valence-corrected chi connectivity index (χ0v) is 9.54. The topological polar surface area (TPSA) is 75.9 Å². The van der Waals surface area contributed by atoms with Gasteiger partial charge in [0.1, 0.15) is 29.6 Å². The van der Waals surface area contributed by atoms with Gasteiger partial charge in [-0.05, 0) is 19.1 Å². The van der Waals surface area contributed by atoms with Gasteiger partial charge < -0.3 is 10.7 Å². The first kappa shape index (κ1) is 12.2. The molecule has 0 unspecified atom stereocenters. The monoisotopic (exact) mass is 251 g/mol. The van der Waals surface area contributed by atoms with Crippen LogP contribution in [0, 0.1) is 18.6 Å². The predicted octanol–water partition coefficient (Wildman–Crippen LogP) is 2.09. The Morgan fingerprint density at radius 2 is 1.89 bits per heavy atom. The average molecular weight is 251 g/mol. The fourth-order valence-electron chi connectivity index (χ4n) is 1.44. The van der Waals surface area contributed by atoms with E-state index in [2.05, 4.69) is 20.7 Å². The smallest absolute Gasteiger partial charge is 0.148 e. The second-order valence-electron chi connectivity index (χ2n) is 3.59. The van der Waals surface area contributed by atoms with Gasteiger partial charge in [0.25, 0.3) is 0 Å². The van der Waals surface area contributed by atoms with Crippen LogP contribution in [0.25, 0.3) is 0 Å². The molecule has 0 saturated carbocycles. The molecular formula is C11H11F2N5. The van der Waals surface area contributed by atoms with E-state index in [0.29, 0.717) is 17.2 Å². The van der Waals surface area contributed by atoms with Gasteiger partial charge in [-0.3, -0.25) is 0 Å². The van der Waals surface area contributed by atoms with Crippen molar-refractivity contribution in [3.05, 3.63) is 41.7 Å². The van der Waals surface area contributed by atoms with Crippen molar-refractivity contribution in [3.63, 3.8) is 0 Å². The van der Waals surface area contributed by atoms with E-state index in [1.807, 2.05) is 0 Å². The van der Waals surface area contributed by atoms with Gasteiger partial charge in [0.2, 0.25) is 0 Å². The van der Waals surface area contributed by atoms with Crippen LogP contribution in [0.2, 0.25) is 0 Å². The van der Waals surface area contributed by atoms with Crippen LogP contribution in [0.15, 0.2) is 24.5 Å². The fraction of sp³-hybridized carbons (Fsp3) is 0.0909. The van der Waals surface area contributed by atoms with E-state index in [4.69, 9.17) is 5.84 Å². The number of hydrazine groups is 1. The Kier molecular flexibility index (Phi) is 3.33. The number of nitrogens with zero attached hydrogens (tertiary/aromatic N) is 2. The summed E-state index contributed by atoms with van der Waals surface area (Å²) < 4.78 is 26.5. The lowest BCUT2D eigenvalue weighted by atomic mass is 10.2. The second-order valence-corrected chi connectivity index (χ2v) is 3.59. The molecule has 0 fully saturated rings. The highest BCUT2D eigenvalue weighted by Crippen LogP contribution is 2.24. The Morgan fingerprint density at radius 1 is 1.17 bits per heavy atom. The molecule has 18 heavy (non-hydrogen) atoms. The third kappa shape index (κ3) is 2.35. The van der Waals surface area contributed by atoms with E-state index in [1.165, 1.54) is 6.33 Å². The summed E-state index contributed by atoms with van der Waals surface area (Å²) >= 11 is 0. The molecule has 0 atom stereocenters. The molecule has 1 heterocycles. The molecule has 1 aromatic heterocycles. The van der Waals surface area contributed by atoms with Crippen molar-refractivity contribution < 1.29 is 8.78 Å². The van der Waals surface area contributed by atoms with Gasteiger partial charge in [-0.1, -0.05) is 0 Å². The van der Waals surface area contributed by atoms with Gasteiger partial charge in [-0.15, -0.1) is 0 Å². The maximum Gasteiger partial charge on any atom is 0.148 e. The first-order chi connectivity index (χ1) is 8.61. The number of rotatable bonds is 3. The van der Waals surface area contributed by atoms with Crippen molar-refractivity contribution in [2.24, 2.45) is 5.84 Å². The molecule has 4 N–H and O–H groups in total. The van der Waals surface area contributed by atoms with Crippen LogP contribution < -0.4 is 16.6 Å². The van der Waals surface area contributed by atoms with Gasteiger partial charge in [-0.2, -0.15) is 0 Å². The molecule has 0 amide bonds. The molecule has 0 aliphatic heterocycles. The third-order valence-corrected chi connectivity index (χ3v) is 2.40. The number of nitrogens with two attached hydrogens (primary N) is 1. The minimum absolute atomic E-state index is 0.000212. The molecule has 0 aliphatic rings. The number of hydrogen-bond donors (Lipinski definition) is 3. The molecule has 7 heteroatoms. The number of aromatic nitrogens is 2. The molecule has 0 bridgehead atoms. The summed E-state index contributed by atoms with van der Waals surface area (Å²) in [6, 6.07) is 3.13. The first-order valence-corrected chi connectivity index (χ1v) is 5.12. The zero-order chi connectivity index (χ0) is 13.1. The Hall–Kier alpha value is -2.28. The summed E-state index contributed by atoms with van der Waals surface area (Å²) in [5, 5.41) is 2.69. The Morgan fingerprint density at radius 3 is 2.61 bits per heavy atom. The van der Waals surface area contributed by atoms with E-state index in [-0.39, 0.29) is 5.69 Å². The van der Waals surface area contributed by atoms with Crippen molar-refractivity contribution in [2.75, 3.05) is 10.7 Å². The molecule has 0 saturated heterocycles. The van der Waals surface area contributed by atoms with Crippen LogP contribution in [-0.4, -0.2) is 9.97 Å². The maximum absolute atomic E-state index is 13.5. The van der Waals surface area contributed by atoms with Crippen LogP contribution in [0.5, 0.6) is 0 Å². The minimum atomic E-state index is -0.573. The molecule has 2 aromatic rings. The Bertz CT molecular complexity index is 573. The molecule has 1 aromatic carbocycles. The van der Waals surface area contributed by atoms with E-state index < -0.39 is 11.6 Å². The number of nitrogens with one attached hydrogen (secondary N) is 2. The number of hydrogen-bond acceptors (Lipinski definition) is 5. The quantitative estimate of drug-likeness (QED) is 0.575. The maximum atomic E-state index is 13.5. The van der Waals surface area contributed by atoms with E-state index >= 15 is 0 Å². The van der Waals surface area contributed by atoms with Gasteiger partial charge in [0.15, 0.2) is 0 Å². The van der Waals surface area contributed by atoms with Crippen molar-refractivity contribution in [3.8, 4) is 0 Å². The number of nitrogen functional groups attached to an aromatic ring is 1. The summed E-state index contributed by atoms with van der Waals surface area (Å²) in [6.07, 6.45) is 1.27. The number of benzene rings is 1. The van der Waals surface area contributed by atoms with E-state index in [9.17, 15) is 8.78 Å². The van der Waals surface area contributed by atoms with Crippen LogP contribution in [0.3, 0.4) is 0 Å². The predicted molar refractivity (Wildman–Crippen MR) is 64.2 cm³/mol. The second kappa shape index (κ2) is 4.92. The lowest BCUT2D eigenvalue weighted by Gasteiger charge is -2.11. The summed E-state index contributed by atoms with van der Waals surface area (Å²) in [5.41, 5.74) is 2.99. The standard InChI is InChI=1S/C11H11F2N5/c1-6-10(15-5-16-11(6)18-14)17-9-4-7(12)2-3-8(9)13/h2-5H,14H2,1H3,(H2,15,16,17,18). The highest BCUT2D eigenvalue weighted by atomic mass is 19.1. The van der Waals surface area contributed by atoms with Crippen LogP contribution in [0.4, 0.5) is 26.1 Å². The zero-order valence-electron chi connectivity index (χ0n) is 9.54. The largest absolute Gasteiger partial charge is 0.337 e. The van der Waals surface area contributed by atoms with E-state index in [1.54, 1.807) is 6.92 Å². The van der Waals surface area contributed by atoms with Crippen molar-refractivity contribution in [1.82, 2.24) is 9.97 Å². The molecule has 94 valence electrons. The summed E-state index contributed by atoms with van der Waals surface area (Å²) in [4.78, 5) is 7.83. The van der Waals surface area contributed by atoms with Gasteiger partial charge in [0.05, 0.1) is 5.69 Å².